The monoisotopic (exact) mass is 335 g/mol. The van der Waals surface area contributed by atoms with Gasteiger partial charge in [-0.3, -0.25) is 9.59 Å². The highest BCUT2D eigenvalue weighted by Gasteiger charge is 2.06. The molecule has 3 N–H and O–H groups in total. The number of anilines is 2. The lowest BCUT2D eigenvalue weighted by atomic mass is 10.3. The van der Waals surface area contributed by atoms with Crippen LogP contribution >= 0.6 is 0 Å². The van der Waals surface area contributed by atoms with E-state index in [0.29, 0.717) is 17.1 Å². The van der Waals surface area contributed by atoms with Gasteiger partial charge in [0, 0.05) is 23.6 Å². The smallest absolute Gasteiger partial charge is 0.251 e. The number of hydrogen-bond donors (Lipinski definition) is 2. The number of amides is 1. The number of nitrogens with zero attached hydrogens (tertiary/aromatic N) is 1. The van der Waals surface area contributed by atoms with Crippen LogP contribution in [0.1, 0.15) is 0 Å². The van der Waals surface area contributed by atoms with Crippen LogP contribution in [-0.2, 0) is 11.3 Å². The average molecular weight is 335 g/mol. The zero-order valence-corrected chi connectivity index (χ0v) is 13.4. The zero-order valence-electron chi connectivity index (χ0n) is 13.4. The summed E-state index contributed by atoms with van der Waals surface area (Å²) in [6.45, 7) is -0.105. The Hall–Kier alpha value is -3.54. The summed E-state index contributed by atoms with van der Waals surface area (Å²) in [4.78, 5) is 23.8. The number of aromatic nitrogens is 1. The number of pyridine rings is 1. The molecule has 6 nitrogen and oxygen atoms in total. The molecular weight excluding hydrogens is 318 g/mol. The van der Waals surface area contributed by atoms with Gasteiger partial charge in [0.15, 0.2) is 0 Å². The number of carbonyl (C=O) groups excluding carboxylic acids is 1. The molecule has 126 valence electrons. The van der Waals surface area contributed by atoms with Crippen molar-refractivity contribution in [2.75, 3.05) is 11.1 Å². The quantitative estimate of drug-likeness (QED) is 0.751. The second kappa shape index (κ2) is 7.35. The second-order valence-corrected chi connectivity index (χ2v) is 5.42. The van der Waals surface area contributed by atoms with Crippen molar-refractivity contribution in [1.29, 1.82) is 0 Å². The summed E-state index contributed by atoms with van der Waals surface area (Å²) in [7, 11) is 0. The van der Waals surface area contributed by atoms with E-state index in [1.165, 1.54) is 22.9 Å². The molecule has 0 radical (unpaired) electrons. The third-order valence-electron chi connectivity index (χ3n) is 3.44. The number of carbonyl (C=O) groups is 1. The number of nitrogen functional groups attached to an aromatic ring is 1. The number of nitrogens with one attached hydrogen (secondary N) is 1. The van der Waals surface area contributed by atoms with Gasteiger partial charge < -0.3 is 20.4 Å². The Balaban J connectivity index is 1.62. The standard InChI is InChI=1S/C19H17N3O3/c20-14-6-11-19(24)22(12-14)13-18(23)21-15-7-9-17(10-8-15)25-16-4-2-1-3-5-16/h1-12H,13,20H2,(H,21,23). The highest BCUT2D eigenvalue weighted by atomic mass is 16.5. The van der Waals surface area contributed by atoms with Crippen LogP contribution in [0.25, 0.3) is 0 Å². The van der Waals surface area contributed by atoms with E-state index in [9.17, 15) is 9.59 Å². The molecule has 3 rings (SSSR count). The van der Waals surface area contributed by atoms with Crippen molar-refractivity contribution in [2.24, 2.45) is 0 Å². The van der Waals surface area contributed by atoms with E-state index in [4.69, 9.17) is 10.5 Å². The lowest BCUT2D eigenvalue weighted by molar-refractivity contribution is -0.116. The lowest BCUT2D eigenvalue weighted by Crippen LogP contribution is -2.26. The Morgan fingerprint density at radius 3 is 2.36 bits per heavy atom. The first-order valence-electron chi connectivity index (χ1n) is 7.69. The largest absolute Gasteiger partial charge is 0.457 e. The molecule has 0 aliphatic carbocycles. The Labute approximate surface area is 144 Å². The molecule has 0 bridgehead atoms. The average Bonchev–Trinajstić information content (AvgIpc) is 2.61. The molecule has 3 aromatic rings. The molecule has 0 aliphatic rings. The van der Waals surface area contributed by atoms with Crippen molar-refractivity contribution in [3.63, 3.8) is 0 Å². The van der Waals surface area contributed by atoms with Crippen molar-refractivity contribution in [2.45, 2.75) is 6.54 Å². The predicted molar refractivity (Wildman–Crippen MR) is 96.7 cm³/mol. The van der Waals surface area contributed by atoms with Gasteiger partial charge in [-0.25, -0.2) is 0 Å². The van der Waals surface area contributed by atoms with E-state index in [2.05, 4.69) is 5.32 Å². The molecule has 25 heavy (non-hydrogen) atoms. The van der Waals surface area contributed by atoms with Gasteiger partial charge in [0.1, 0.15) is 18.0 Å². The minimum Gasteiger partial charge on any atom is -0.457 e. The van der Waals surface area contributed by atoms with E-state index in [0.717, 1.165) is 5.75 Å². The molecule has 0 fully saturated rings. The first-order chi connectivity index (χ1) is 12.1. The van der Waals surface area contributed by atoms with E-state index in [1.807, 2.05) is 30.3 Å². The summed E-state index contributed by atoms with van der Waals surface area (Å²) < 4.78 is 6.95. The maximum atomic E-state index is 12.1. The maximum Gasteiger partial charge on any atom is 0.251 e. The lowest BCUT2D eigenvalue weighted by Gasteiger charge is -2.09. The van der Waals surface area contributed by atoms with E-state index >= 15 is 0 Å². The molecule has 1 heterocycles. The predicted octanol–water partition coefficient (Wildman–Crippen LogP) is 2.86. The van der Waals surface area contributed by atoms with Crippen LogP contribution in [0, 0.1) is 0 Å². The SMILES string of the molecule is Nc1ccc(=O)n(CC(=O)Nc2ccc(Oc3ccccc3)cc2)c1. The minimum atomic E-state index is -0.315. The van der Waals surface area contributed by atoms with Crippen LogP contribution in [0.5, 0.6) is 11.5 Å². The zero-order chi connectivity index (χ0) is 17.6. The molecule has 0 saturated heterocycles. The van der Waals surface area contributed by atoms with Crippen molar-refractivity contribution in [1.82, 2.24) is 4.57 Å². The van der Waals surface area contributed by atoms with Crippen molar-refractivity contribution >= 4 is 17.3 Å². The summed E-state index contributed by atoms with van der Waals surface area (Å²) in [6, 6.07) is 19.2. The molecule has 6 heteroatoms. The van der Waals surface area contributed by atoms with Crippen LogP contribution in [0.3, 0.4) is 0 Å². The van der Waals surface area contributed by atoms with Gasteiger partial charge in [-0.1, -0.05) is 18.2 Å². The normalized spacial score (nSPS) is 10.2. The summed E-state index contributed by atoms with van der Waals surface area (Å²) in [5.41, 5.74) is 6.39. The molecule has 0 atom stereocenters. The number of ether oxygens (including phenoxy) is 1. The van der Waals surface area contributed by atoms with Crippen molar-refractivity contribution < 1.29 is 9.53 Å². The van der Waals surface area contributed by atoms with Crippen LogP contribution in [0.15, 0.2) is 77.7 Å². The molecule has 1 aromatic heterocycles. The number of hydrogen-bond acceptors (Lipinski definition) is 4. The van der Waals surface area contributed by atoms with Gasteiger partial charge in [0.25, 0.3) is 5.56 Å². The number of benzene rings is 2. The third-order valence-corrected chi connectivity index (χ3v) is 3.44. The van der Waals surface area contributed by atoms with Crippen molar-refractivity contribution in [3.8, 4) is 11.5 Å². The highest BCUT2D eigenvalue weighted by Crippen LogP contribution is 2.22. The van der Waals surface area contributed by atoms with E-state index < -0.39 is 0 Å². The molecule has 0 saturated carbocycles. The Morgan fingerprint density at radius 2 is 1.64 bits per heavy atom. The topological polar surface area (TPSA) is 86.4 Å². The fourth-order valence-electron chi connectivity index (χ4n) is 2.26. The van der Waals surface area contributed by atoms with Crippen molar-refractivity contribution in [3.05, 3.63) is 83.3 Å². The first kappa shape index (κ1) is 16.3. The van der Waals surface area contributed by atoms with Gasteiger partial charge in [-0.05, 0) is 42.5 Å². The number of rotatable bonds is 5. The second-order valence-electron chi connectivity index (χ2n) is 5.42. The summed E-state index contributed by atoms with van der Waals surface area (Å²) in [6.07, 6.45) is 1.44. The minimum absolute atomic E-state index is 0.105. The van der Waals surface area contributed by atoms with Crippen LogP contribution in [-0.4, -0.2) is 10.5 Å². The summed E-state index contributed by atoms with van der Waals surface area (Å²) >= 11 is 0. The van der Waals surface area contributed by atoms with E-state index in [-0.39, 0.29) is 18.0 Å². The maximum absolute atomic E-state index is 12.1. The molecule has 0 aliphatic heterocycles. The highest BCUT2D eigenvalue weighted by molar-refractivity contribution is 5.90. The number of nitrogens with two attached hydrogens (primary N) is 1. The molecule has 0 spiro atoms. The van der Waals surface area contributed by atoms with E-state index in [1.54, 1.807) is 24.3 Å². The van der Waals surface area contributed by atoms with Crippen LogP contribution in [0.2, 0.25) is 0 Å². The Morgan fingerprint density at radius 1 is 0.960 bits per heavy atom. The fraction of sp³-hybridized carbons (Fsp3) is 0.0526. The molecular formula is C19H17N3O3. The Kier molecular flexibility index (Phi) is 4.80. The Bertz CT molecular complexity index is 919. The molecule has 1 amide bonds. The number of para-hydroxylation sites is 1. The summed E-state index contributed by atoms with van der Waals surface area (Å²) in [5, 5.41) is 2.73. The van der Waals surface area contributed by atoms with Crippen LogP contribution < -0.4 is 21.3 Å². The van der Waals surface area contributed by atoms with Gasteiger partial charge in [-0.15, -0.1) is 0 Å². The van der Waals surface area contributed by atoms with Gasteiger partial charge >= 0.3 is 0 Å². The van der Waals surface area contributed by atoms with Gasteiger partial charge in [0.2, 0.25) is 5.91 Å². The summed E-state index contributed by atoms with van der Waals surface area (Å²) in [5.74, 6) is 1.08. The van der Waals surface area contributed by atoms with Crippen LogP contribution in [0.4, 0.5) is 11.4 Å². The first-order valence-corrected chi connectivity index (χ1v) is 7.69. The fourth-order valence-corrected chi connectivity index (χ4v) is 2.26. The third kappa shape index (κ3) is 4.48. The molecule has 0 unspecified atom stereocenters. The van der Waals surface area contributed by atoms with Gasteiger partial charge in [-0.2, -0.15) is 0 Å². The van der Waals surface area contributed by atoms with Gasteiger partial charge in [0.05, 0.1) is 0 Å². The molecule has 2 aromatic carbocycles.